The fourth-order valence-corrected chi connectivity index (χ4v) is 0.643. The Kier molecular flexibility index (Phi) is 4.45. The van der Waals surface area contributed by atoms with Crippen LogP contribution in [0.3, 0.4) is 0 Å². The van der Waals surface area contributed by atoms with E-state index in [-0.39, 0.29) is 12.3 Å². The van der Waals surface area contributed by atoms with Gasteiger partial charge in [-0.15, -0.1) is 0 Å². The molecule has 0 spiro atoms. The predicted molar refractivity (Wildman–Crippen MR) is 42.0 cm³/mol. The molecule has 0 radical (unpaired) electrons. The van der Waals surface area contributed by atoms with Gasteiger partial charge in [0.25, 0.3) is 0 Å². The number of hydrogen-bond donors (Lipinski definition) is 1. The molecule has 0 aliphatic carbocycles. The zero-order valence-electron chi connectivity index (χ0n) is 6.91. The van der Waals surface area contributed by atoms with Gasteiger partial charge in [0.05, 0.1) is 6.04 Å². The van der Waals surface area contributed by atoms with Crippen LogP contribution in [0, 0.1) is 0 Å². The molecule has 0 saturated heterocycles. The average molecular weight is 158 g/mol. The normalized spacial score (nSPS) is 12.3. The summed E-state index contributed by atoms with van der Waals surface area (Å²) in [5.41, 5.74) is 5.38. The van der Waals surface area contributed by atoms with Crippen molar-refractivity contribution in [3.63, 3.8) is 0 Å². The first kappa shape index (κ1) is 10.1. The smallest absolute Gasteiger partial charge is 0.239 e. The lowest BCUT2D eigenvalue weighted by molar-refractivity contribution is -0.132. The highest BCUT2D eigenvalue weighted by Crippen LogP contribution is 1.91. The molecule has 0 aromatic rings. The van der Waals surface area contributed by atoms with Crippen molar-refractivity contribution in [3.8, 4) is 0 Å². The zero-order valence-corrected chi connectivity index (χ0v) is 6.91. The van der Waals surface area contributed by atoms with Gasteiger partial charge in [0.1, 0.15) is 6.29 Å². The highest BCUT2D eigenvalue weighted by atomic mass is 16.2. The molecule has 0 aliphatic rings. The Bertz CT molecular complexity index is 147. The second-order valence-corrected chi connectivity index (χ2v) is 2.36. The third-order valence-corrected chi connectivity index (χ3v) is 1.52. The molecule has 0 bridgehead atoms. The van der Waals surface area contributed by atoms with E-state index >= 15 is 0 Å². The Morgan fingerprint density at radius 3 is 2.64 bits per heavy atom. The van der Waals surface area contributed by atoms with E-state index in [2.05, 4.69) is 0 Å². The van der Waals surface area contributed by atoms with Crippen LogP contribution in [0.5, 0.6) is 0 Å². The fourth-order valence-electron chi connectivity index (χ4n) is 0.643. The first-order chi connectivity index (χ1) is 5.13. The van der Waals surface area contributed by atoms with E-state index in [4.69, 9.17) is 5.73 Å². The van der Waals surface area contributed by atoms with Crippen molar-refractivity contribution in [2.45, 2.75) is 19.4 Å². The molecular formula is C7H14N2O2. The molecule has 0 aromatic carbocycles. The standard InChI is InChI=1S/C7H14N2O2/c1-3-9(2)7(11)6(8)4-5-10/h5-6H,3-4,8H2,1-2H3. The van der Waals surface area contributed by atoms with Gasteiger partial charge in [-0.25, -0.2) is 0 Å². The second-order valence-electron chi connectivity index (χ2n) is 2.36. The summed E-state index contributed by atoms with van der Waals surface area (Å²) >= 11 is 0. The summed E-state index contributed by atoms with van der Waals surface area (Å²) in [4.78, 5) is 22.6. The lowest BCUT2D eigenvalue weighted by Gasteiger charge is -2.17. The summed E-state index contributed by atoms with van der Waals surface area (Å²) < 4.78 is 0. The third-order valence-electron chi connectivity index (χ3n) is 1.52. The van der Waals surface area contributed by atoms with Crippen LogP contribution in [0.25, 0.3) is 0 Å². The van der Waals surface area contributed by atoms with Crippen molar-refractivity contribution in [3.05, 3.63) is 0 Å². The van der Waals surface area contributed by atoms with Gasteiger partial charge in [0.2, 0.25) is 5.91 Å². The summed E-state index contributed by atoms with van der Waals surface area (Å²) in [5.74, 6) is -0.181. The molecule has 0 rings (SSSR count). The van der Waals surface area contributed by atoms with Crippen LogP contribution in [-0.2, 0) is 9.59 Å². The fraction of sp³-hybridized carbons (Fsp3) is 0.714. The molecule has 4 nitrogen and oxygen atoms in total. The number of hydrogen-bond acceptors (Lipinski definition) is 3. The maximum absolute atomic E-state index is 11.1. The minimum atomic E-state index is -0.669. The molecule has 2 N–H and O–H groups in total. The van der Waals surface area contributed by atoms with Crippen LogP contribution in [0.1, 0.15) is 13.3 Å². The Morgan fingerprint density at radius 1 is 1.73 bits per heavy atom. The quantitative estimate of drug-likeness (QED) is 0.555. The van der Waals surface area contributed by atoms with E-state index in [0.717, 1.165) is 0 Å². The summed E-state index contributed by atoms with van der Waals surface area (Å²) in [5, 5.41) is 0. The largest absolute Gasteiger partial charge is 0.345 e. The SMILES string of the molecule is CCN(C)C(=O)C(N)CC=O. The number of carbonyl (C=O) groups is 2. The molecule has 1 unspecified atom stereocenters. The molecule has 0 fully saturated rings. The molecule has 1 amide bonds. The third kappa shape index (κ3) is 3.13. The number of likely N-dealkylation sites (N-methyl/N-ethyl adjacent to an activating group) is 1. The van der Waals surface area contributed by atoms with E-state index in [1.807, 2.05) is 6.92 Å². The monoisotopic (exact) mass is 158 g/mol. The summed E-state index contributed by atoms with van der Waals surface area (Å²) in [6, 6.07) is -0.669. The van der Waals surface area contributed by atoms with Crippen molar-refractivity contribution in [2.75, 3.05) is 13.6 Å². The number of amides is 1. The molecular weight excluding hydrogens is 144 g/mol. The van der Waals surface area contributed by atoms with E-state index < -0.39 is 6.04 Å². The van der Waals surface area contributed by atoms with Crippen LogP contribution in [-0.4, -0.2) is 36.7 Å². The van der Waals surface area contributed by atoms with Gasteiger partial charge in [-0.3, -0.25) is 4.79 Å². The van der Waals surface area contributed by atoms with Crippen molar-refractivity contribution in [2.24, 2.45) is 5.73 Å². The van der Waals surface area contributed by atoms with Gasteiger partial charge in [0, 0.05) is 20.0 Å². The van der Waals surface area contributed by atoms with E-state index in [1.165, 1.54) is 4.90 Å². The molecule has 4 heteroatoms. The minimum absolute atomic E-state index is 0.100. The number of rotatable bonds is 4. The number of nitrogens with two attached hydrogens (primary N) is 1. The highest BCUT2D eigenvalue weighted by molar-refractivity contribution is 5.83. The van der Waals surface area contributed by atoms with Crippen molar-refractivity contribution >= 4 is 12.2 Å². The minimum Gasteiger partial charge on any atom is -0.345 e. The zero-order chi connectivity index (χ0) is 8.85. The lowest BCUT2D eigenvalue weighted by atomic mass is 10.2. The lowest BCUT2D eigenvalue weighted by Crippen LogP contribution is -2.41. The first-order valence-electron chi connectivity index (χ1n) is 3.57. The molecule has 1 atom stereocenters. The van der Waals surface area contributed by atoms with E-state index in [0.29, 0.717) is 12.8 Å². The van der Waals surface area contributed by atoms with Crippen LogP contribution < -0.4 is 5.73 Å². The average Bonchev–Trinajstić information content (AvgIpc) is 2.02. The van der Waals surface area contributed by atoms with Crippen LogP contribution in [0.15, 0.2) is 0 Å². The molecule has 64 valence electrons. The van der Waals surface area contributed by atoms with Crippen LogP contribution >= 0.6 is 0 Å². The van der Waals surface area contributed by atoms with Crippen molar-refractivity contribution < 1.29 is 9.59 Å². The van der Waals surface area contributed by atoms with Crippen molar-refractivity contribution in [1.82, 2.24) is 4.90 Å². The highest BCUT2D eigenvalue weighted by Gasteiger charge is 2.15. The first-order valence-corrected chi connectivity index (χ1v) is 3.57. The number of carbonyl (C=O) groups excluding carboxylic acids is 2. The second kappa shape index (κ2) is 4.85. The summed E-state index contributed by atoms with van der Waals surface area (Å²) in [7, 11) is 1.66. The van der Waals surface area contributed by atoms with Crippen molar-refractivity contribution in [1.29, 1.82) is 0 Å². The van der Waals surface area contributed by atoms with Gasteiger partial charge in [-0.1, -0.05) is 0 Å². The predicted octanol–water partition coefficient (Wildman–Crippen LogP) is -0.619. The maximum atomic E-state index is 11.1. The molecule has 0 saturated carbocycles. The van der Waals surface area contributed by atoms with Gasteiger partial charge in [-0.2, -0.15) is 0 Å². The Labute approximate surface area is 66.4 Å². The molecule has 11 heavy (non-hydrogen) atoms. The molecule has 0 aliphatic heterocycles. The number of nitrogens with zero attached hydrogens (tertiary/aromatic N) is 1. The maximum Gasteiger partial charge on any atom is 0.239 e. The molecule has 0 aromatic heterocycles. The van der Waals surface area contributed by atoms with Crippen LogP contribution in [0.2, 0.25) is 0 Å². The summed E-state index contributed by atoms with van der Waals surface area (Å²) in [6.45, 7) is 2.47. The van der Waals surface area contributed by atoms with Gasteiger partial charge in [0.15, 0.2) is 0 Å². The molecule has 0 heterocycles. The topological polar surface area (TPSA) is 63.4 Å². The van der Waals surface area contributed by atoms with E-state index in [9.17, 15) is 9.59 Å². The van der Waals surface area contributed by atoms with E-state index in [1.54, 1.807) is 7.05 Å². The number of aldehydes is 1. The Balaban J connectivity index is 3.90. The van der Waals surface area contributed by atoms with Gasteiger partial charge < -0.3 is 15.4 Å². The van der Waals surface area contributed by atoms with Crippen LogP contribution in [0.4, 0.5) is 0 Å². The van der Waals surface area contributed by atoms with Gasteiger partial charge >= 0.3 is 0 Å². The summed E-state index contributed by atoms with van der Waals surface area (Å²) in [6.07, 6.45) is 0.759. The Morgan fingerprint density at radius 2 is 2.27 bits per heavy atom. The Hall–Kier alpha value is -0.900. The van der Waals surface area contributed by atoms with Gasteiger partial charge in [-0.05, 0) is 6.92 Å².